The number of para-hydroxylation sites is 1. The van der Waals surface area contributed by atoms with E-state index in [1.54, 1.807) is 0 Å². The molecule has 9 heteroatoms. The van der Waals surface area contributed by atoms with Gasteiger partial charge < -0.3 is 25.0 Å². The van der Waals surface area contributed by atoms with Gasteiger partial charge in [0.15, 0.2) is 0 Å². The lowest BCUT2D eigenvalue weighted by Gasteiger charge is -2.38. The van der Waals surface area contributed by atoms with Gasteiger partial charge in [0.25, 0.3) is 0 Å². The first-order chi connectivity index (χ1) is 16.5. The number of carbonyl (C=O) groups excluding carboxylic acids is 2. The molecule has 0 unspecified atom stereocenters. The van der Waals surface area contributed by atoms with Gasteiger partial charge in [-0.1, -0.05) is 35.9 Å². The lowest BCUT2D eigenvalue weighted by Crippen LogP contribution is -2.51. The monoisotopic (exact) mass is 484 g/mol. The number of methoxy groups -OCH3 is 1. The fourth-order valence-corrected chi connectivity index (χ4v) is 4.60. The first kappa shape index (κ1) is 23.9. The summed E-state index contributed by atoms with van der Waals surface area (Å²) in [6, 6.07) is 14.2. The lowest BCUT2D eigenvalue weighted by atomic mass is 9.95. The molecule has 2 heterocycles. The van der Waals surface area contributed by atoms with Gasteiger partial charge in [-0.3, -0.25) is 4.90 Å². The summed E-state index contributed by atoms with van der Waals surface area (Å²) in [6.45, 7) is 6.02. The summed E-state index contributed by atoms with van der Waals surface area (Å²) in [5.74, 6) is 0.253. The standard InChI is InChI=1S/C25H29ClN4O4/c1-3-34-18-10-8-17(9-11-18)23-22(24(31)33-2)20(27-25(32)28-23)16-29-12-14-30(15-13-29)21-7-5-4-6-19(21)26/h4-11,23H,3,12-16H2,1-2H3,(H2,27,28,32)/t23-/m0/s1. The maximum atomic E-state index is 12.8. The third-order valence-electron chi connectivity index (χ3n) is 6.03. The van der Waals surface area contributed by atoms with Gasteiger partial charge in [0.2, 0.25) is 0 Å². The van der Waals surface area contributed by atoms with Gasteiger partial charge >= 0.3 is 12.0 Å². The van der Waals surface area contributed by atoms with Gasteiger partial charge in [0.05, 0.1) is 36.0 Å². The van der Waals surface area contributed by atoms with Crippen LogP contribution in [0.15, 0.2) is 59.8 Å². The van der Waals surface area contributed by atoms with Crippen LogP contribution in [0.3, 0.4) is 0 Å². The second kappa shape index (κ2) is 10.8. The molecule has 34 heavy (non-hydrogen) atoms. The van der Waals surface area contributed by atoms with Crippen molar-refractivity contribution in [2.75, 3.05) is 51.3 Å². The van der Waals surface area contributed by atoms with Gasteiger partial charge in [0.1, 0.15) is 5.75 Å². The maximum Gasteiger partial charge on any atom is 0.338 e. The Balaban J connectivity index is 1.54. The Kier molecular flexibility index (Phi) is 7.59. The summed E-state index contributed by atoms with van der Waals surface area (Å²) < 4.78 is 10.6. The second-order valence-electron chi connectivity index (χ2n) is 8.13. The van der Waals surface area contributed by atoms with Crippen LogP contribution in [0, 0.1) is 0 Å². The first-order valence-electron chi connectivity index (χ1n) is 11.3. The molecule has 1 fully saturated rings. The molecular formula is C25H29ClN4O4. The van der Waals surface area contributed by atoms with E-state index in [2.05, 4.69) is 20.4 Å². The number of nitrogens with one attached hydrogen (secondary N) is 2. The number of benzene rings is 2. The Hall–Kier alpha value is -3.23. The number of esters is 1. The largest absolute Gasteiger partial charge is 0.494 e. The highest BCUT2D eigenvalue weighted by atomic mass is 35.5. The summed E-state index contributed by atoms with van der Waals surface area (Å²) in [6.07, 6.45) is 0. The number of piperazine rings is 1. The highest BCUT2D eigenvalue weighted by Gasteiger charge is 2.34. The van der Waals surface area contributed by atoms with Crippen molar-refractivity contribution in [1.29, 1.82) is 0 Å². The molecule has 0 spiro atoms. The molecule has 0 radical (unpaired) electrons. The number of urea groups is 1. The molecule has 4 rings (SSSR count). The molecular weight excluding hydrogens is 456 g/mol. The zero-order chi connectivity index (χ0) is 24.1. The molecule has 0 aliphatic carbocycles. The average Bonchev–Trinajstić information content (AvgIpc) is 2.85. The topological polar surface area (TPSA) is 83.1 Å². The molecule has 2 aromatic rings. The van der Waals surface area contributed by atoms with E-state index in [0.29, 0.717) is 24.4 Å². The highest BCUT2D eigenvalue weighted by molar-refractivity contribution is 6.33. The SMILES string of the molecule is CCOc1ccc([C@@H]2NC(=O)NC(CN3CCN(c4ccccc4Cl)CC3)=C2C(=O)OC)cc1. The molecule has 8 nitrogen and oxygen atoms in total. The minimum Gasteiger partial charge on any atom is -0.494 e. The fraction of sp³-hybridized carbons (Fsp3) is 0.360. The molecule has 1 saturated heterocycles. The van der Waals surface area contributed by atoms with E-state index in [4.69, 9.17) is 21.1 Å². The molecule has 0 aromatic heterocycles. The highest BCUT2D eigenvalue weighted by Crippen LogP contribution is 2.30. The molecule has 1 atom stereocenters. The van der Waals surface area contributed by atoms with Crippen molar-refractivity contribution in [2.45, 2.75) is 13.0 Å². The van der Waals surface area contributed by atoms with Crippen LogP contribution < -0.4 is 20.3 Å². The molecule has 180 valence electrons. The third kappa shape index (κ3) is 5.29. The average molecular weight is 485 g/mol. The van der Waals surface area contributed by atoms with Crippen LogP contribution >= 0.6 is 11.6 Å². The maximum absolute atomic E-state index is 12.8. The number of carbonyl (C=O) groups is 2. The first-order valence-corrected chi connectivity index (χ1v) is 11.7. The molecule has 2 N–H and O–H groups in total. The Bertz CT molecular complexity index is 1060. The smallest absolute Gasteiger partial charge is 0.338 e. The number of hydrogen-bond donors (Lipinski definition) is 2. The van der Waals surface area contributed by atoms with Crippen molar-refractivity contribution >= 4 is 29.3 Å². The van der Waals surface area contributed by atoms with Crippen molar-refractivity contribution in [3.8, 4) is 5.75 Å². The second-order valence-corrected chi connectivity index (χ2v) is 8.54. The van der Waals surface area contributed by atoms with Crippen LogP contribution in [-0.2, 0) is 9.53 Å². The summed E-state index contributed by atoms with van der Waals surface area (Å²) in [4.78, 5) is 29.8. The molecule has 2 amide bonds. The number of halogens is 1. The molecule has 0 saturated carbocycles. The predicted molar refractivity (Wildman–Crippen MR) is 131 cm³/mol. The van der Waals surface area contributed by atoms with Crippen LogP contribution in [0.5, 0.6) is 5.75 Å². The Morgan fingerprint density at radius 1 is 1.09 bits per heavy atom. The van der Waals surface area contributed by atoms with E-state index >= 15 is 0 Å². The Morgan fingerprint density at radius 3 is 2.44 bits per heavy atom. The van der Waals surface area contributed by atoms with E-state index in [9.17, 15) is 9.59 Å². The van der Waals surface area contributed by atoms with Crippen molar-refractivity contribution in [3.05, 3.63) is 70.4 Å². The molecule has 0 bridgehead atoms. The minimum atomic E-state index is -0.615. The number of ether oxygens (including phenoxy) is 2. The van der Waals surface area contributed by atoms with Crippen LogP contribution in [0.4, 0.5) is 10.5 Å². The van der Waals surface area contributed by atoms with Gasteiger partial charge in [-0.2, -0.15) is 0 Å². The summed E-state index contributed by atoms with van der Waals surface area (Å²) in [7, 11) is 1.35. The van der Waals surface area contributed by atoms with E-state index in [-0.39, 0.29) is 6.03 Å². The van der Waals surface area contributed by atoms with Gasteiger partial charge in [-0.05, 0) is 36.8 Å². The minimum absolute atomic E-state index is 0.351. The van der Waals surface area contributed by atoms with E-state index in [0.717, 1.165) is 48.2 Å². The summed E-state index contributed by atoms with van der Waals surface area (Å²) >= 11 is 6.36. The van der Waals surface area contributed by atoms with Crippen molar-refractivity contribution in [1.82, 2.24) is 15.5 Å². The van der Waals surface area contributed by atoms with Crippen LogP contribution in [0.25, 0.3) is 0 Å². The van der Waals surface area contributed by atoms with E-state index < -0.39 is 12.0 Å². The normalized spacial score (nSPS) is 18.9. The van der Waals surface area contributed by atoms with Crippen LogP contribution in [-0.4, -0.2) is 63.3 Å². The number of hydrogen-bond acceptors (Lipinski definition) is 6. The quantitative estimate of drug-likeness (QED) is 0.586. The van der Waals surface area contributed by atoms with Crippen LogP contribution in [0.1, 0.15) is 18.5 Å². The number of amides is 2. The number of nitrogens with zero attached hydrogens (tertiary/aromatic N) is 2. The zero-order valence-electron chi connectivity index (χ0n) is 19.3. The predicted octanol–water partition coefficient (Wildman–Crippen LogP) is 3.34. The Morgan fingerprint density at radius 2 is 1.79 bits per heavy atom. The molecule has 2 aromatic carbocycles. The summed E-state index contributed by atoms with van der Waals surface area (Å²) in [5, 5.41) is 6.43. The van der Waals surface area contributed by atoms with E-state index in [1.165, 1.54) is 7.11 Å². The summed E-state index contributed by atoms with van der Waals surface area (Å²) in [5.41, 5.74) is 2.75. The Labute approximate surface area is 204 Å². The molecule has 2 aliphatic heterocycles. The van der Waals surface area contributed by atoms with Crippen LogP contribution in [0.2, 0.25) is 5.02 Å². The third-order valence-corrected chi connectivity index (χ3v) is 6.35. The zero-order valence-corrected chi connectivity index (χ0v) is 20.1. The molecule has 2 aliphatic rings. The van der Waals surface area contributed by atoms with Crippen molar-refractivity contribution in [2.24, 2.45) is 0 Å². The fourth-order valence-electron chi connectivity index (χ4n) is 4.35. The lowest BCUT2D eigenvalue weighted by molar-refractivity contribution is -0.136. The van der Waals surface area contributed by atoms with Crippen molar-refractivity contribution in [3.63, 3.8) is 0 Å². The number of rotatable bonds is 7. The van der Waals surface area contributed by atoms with Gasteiger partial charge in [-0.25, -0.2) is 9.59 Å². The van der Waals surface area contributed by atoms with E-state index in [1.807, 2.05) is 55.5 Å². The van der Waals surface area contributed by atoms with Crippen molar-refractivity contribution < 1.29 is 19.1 Å². The number of anilines is 1. The van der Waals surface area contributed by atoms with Gasteiger partial charge in [0, 0.05) is 38.4 Å². The van der Waals surface area contributed by atoms with Gasteiger partial charge in [-0.15, -0.1) is 0 Å².